The van der Waals surface area contributed by atoms with E-state index in [0.29, 0.717) is 12.3 Å². The highest BCUT2D eigenvalue weighted by Crippen LogP contribution is 2.16. The van der Waals surface area contributed by atoms with Crippen LogP contribution in [0.25, 0.3) is 0 Å². The van der Waals surface area contributed by atoms with E-state index >= 15 is 0 Å². The van der Waals surface area contributed by atoms with Gasteiger partial charge in [0.2, 0.25) is 5.91 Å². The van der Waals surface area contributed by atoms with E-state index in [0.717, 1.165) is 0 Å². The second kappa shape index (κ2) is 6.00. The van der Waals surface area contributed by atoms with Gasteiger partial charge >= 0.3 is 5.97 Å². The number of carbonyl (C=O) groups excluding carboxylic acids is 1. The molecular formula is C12H24N2O3. The predicted molar refractivity (Wildman–Crippen MR) is 66.5 cm³/mol. The molecule has 0 heterocycles. The van der Waals surface area contributed by atoms with Gasteiger partial charge in [-0.25, -0.2) is 0 Å². The van der Waals surface area contributed by atoms with E-state index in [1.807, 2.05) is 13.8 Å². The van der Waals surface area contributed by atoms with Gasteiger partial charge in [0.25, 0.3) is 0 Å². The fourth-order valence-electron chi connectivity index (χ4n) is 1.59. The molecule has 0 saturated heterocycles. The number of rotatable bonds is 5. The lowest BCUT2D eigenvalue weighted by atomic mass is 10.00. The highest BCUT2D eigenvalue weighted by atomic mass is 16.4. The summed E-state index contributed by atoms with van der Waals surface area (Å²) in [6.07, 6.45) is 0.561. The molecule has 5 heteroatoms. The first-order chi connectivity index (χ1) is 7.55. The first kappa shape index (κ1) is 15.9. The van der Waals surface area contributed by atoms with Gasteiger partial charge < -0.3 is 15.7 Å². The molecule has 0 aromatic heterocycles. The Morgan fingerprint density at radius 1 is 1.29 bits per heavy atom. The van der Waals surface area contributed by atoms with E-state index in [2.05, 4.69) is 0 Å². The predicted octanol–water partition coefficient (Wildman–Crippen LogP) is 1.07. The molecule has 0 rings (SSSR count). The van der Waals surface area contributed by atoms with Crippen LogP contribution in [0, 0.1) is 5.92 Å². The maximum Gasteiger partial charge on any atom is 0.323 e. The molecular weight excluding hydrogens is 220 g/mol. The smallest absolute Gasteiger partial charge is 0.323 e. The van der Waals surface area contributed by atoms with Gasteiger partial charge in [-0.2, -0.15) is 0 Å². The van der Waals surface area contributed by atoms with Gasteiger partial charge in [0.1, 0.15) is 6.54 Å². The molecule has 0 aliphatic rings. The largest absolute Gasteiger partial charge is 0.480 e. The summed E-state index contributed by atoms with van der Waals surface area (Å²) >= 11 is 0. The molecule has 100 valence electrons. The number of hydrogen-bond donors (Lipinski definition) is 2. The van der Waals surface area contributed by atoms with E-state index in [1.165, 1.54) is 4.90 Å². The van der Waals surface area contributed by atoms with Crippen LogP contribution in [0.4, 0.5) is 0 Å². The number of nitrogens with two attached hydrogens (primary N) is 1. The second-order valence-corrected chi connectivity index (χ2v) is 5.72. The summed E-state index contributed by atoms with van der Waals surface area (Å²) < 4.78 is 0. The van der Waals surface area contributed by atoms with Gasteiger partial charge in [0, 0.05) is 5.54 Å². The van der Waals surface area contributed by atoms with E-state index in [-0.39, 0.29) is 12.5 Å². The summed E-state index contributed by atoms with van der Waals surface area (Å²) in [4.78, 5) is 24.2. The van der Waals surface area contributed by atoms with E-state index < -0.39 is 17.6 Å². The number of carboxylic acids is 1. The third-order valence-electron chi connectivity index (χ3n) is 2.41. The number of amides is 1. The van der Waals surface area contributed by atoms with Gasteiger partial charge in [0.15, 0.2) is 0 Å². The normalized spacial score (nSPS) is 13.6. The van der Waals surface area contributed by atoms with Crippen molar-refractivity contribution in [2.75, 3.05) is 6.54 Å². The molecule has 0 aromatic rings. The number of carbonyl (C=O) groups is 2. The Balaban J connectivity index is 4.81. The molecule has 0 radical (unpaired) electrons. The van der Waals surface area contributed by atoms with Crippen molar-refractivity contribution in [1.29, 1.82) is 0 Å². The molecule has 1 unspecified atom stereocenters. The molecule has 5 nitrogen and oxygen atoms in total. The van der Waals surface area contributed by atoms with Crippen LogP contribution in [-0.4, -0.2) is 40.0 Å². The van der Waals surface area contributed by atoms with Gasteiger partial charge in [0.05, 0.1) is 6.04 Å². The first-order valence-electron chi connectivity index (χ1n) is 5.84. The average molecular weight is 244 g/mol. The zero-order chi connectivity index (χ0) is 13.8. The molecule has 1 amide bonds. The van der Waals surface area contributed by atoms with E-state index in [4.69, 9.17) is 10.8 Å². The quantitative estimate of drug-likeness (QED) is 0.757. The lowest BCUT2D eigenvalue weighted by Gasteiger charge is -2.36. The standard InChI is InChI=1S/C12H24N2O3/c1-8(2)6-9(13)11(17)14(7-10(15)16)12(3,4)5/h8-9H,6-7,13H2,1-5H3,(H,15,16). The minimum atomic E-state index is -1.02. The Kier molecular flexibility index (Phi) is 5.61. The summed E-state index contributed by atoms with van der Waals surface area (Å²) in [5.74, 6) is -1.01. The van der Waals surface area contributed by atoms with Crippen LogP contribution in [0.2, 0.25) is 0 Å². The fraction of sp³-hybridized carbons (Fsp3) is 0.833. The number of nitrogens with zero attached hydrogens (tertiary/aromatic N) is 1. The van der Waals surface area contributed by atoms with Gasteiger partial charge in [-0.15, -0.1) is 0 Å². The highest BCUT2D eigenvalue weighted by molar-refractivity contribution is 5.85. The summed E-state index contributed by atoms with van der Waals surface area (Å²) in [6, 6.07) is -0.631. The monoisotopic (exact) mass is 244 g/mol. The molecule has 0 aliphatic heterocycles. The molecule has 0 aliphatic carbocycles. The van der Waals surface area contributed by atoms with Crippen molar-refractivity contribution in [2.45, 2.75) is 52.6 Å². The molecule has 0 fully saturated rings. The Bertz CT molecular complexity index is 282. The zero-order valence-electron chi connectivity index (χ0n) is 11.4. The third-order valence-corrected chi connectivity index (χ3v) is 2.41. The Morgan fingerprint density at radius 2 is 1.76 bits per heavy atom. The maximum atomic E-state index is 12.1. The molecule has 0 bridgehead atoms. The zero-order valence-corrected chi connectivity index (χ0v) is 11.4. The van der Waals surface area contributed by atoms with Crippen molar-refractivity contribution < 1.29 is 14.7 Å². The van der Waals surface area contributed by atoms with Crippen molar-refractivity contribution in [2.24, 2.45) is 11.7 Å². The van der Waals surface area contributed by atoms with Gasteiger partial charge in [-0.05, 0) is 33.1 Å². The summed E-state index contributed by atoms with van der Waals surface area (Å²) in [7, 11) is 0. The Morgan fingerprint density at radius 3 is 2.06 bits per heavy atom. The maximum absolute atomic E-state index is 12.1. The molecule has 0 aromatic carbocycles. The van der Waals surface area contributed by atoms with Crippen molar-refractivity contribution in [3.8, 4) is 0 Å². The molecule has 0 saturated carbocycles. The lowest BCUT2D eigenvalue weighted by molar-refractivity contribution is -0.149. The van der Waals surface area contributed by atoms with Crippen molar-refractivity contribution in [3.63, 3.8) is 0 Å². The van der Waals surface area contributed by atoms with Crippen LogP contribution in [0.1, 0.15) is 41.0 Å². The van der Waals surface area contributed by atoms with Crippen LogP contribution >= 0.6 is 0 Å². The van der Waals surface area contributed by atoms with Crippen molar-refractivity contribution >= 4 is 11.9 Å². The Hall–Kier alpha value is -1.10. The minimum absolute atomic E-state index is 0.298. The van der Waals surface area contributed by atoms with Crippen LogP contribution < -0.4 is 5.73 Å². The first-order valence-corrected chi connectivity index (χ1v) is 5.84. The second-order valence-electron chi connectivity index (χ2n) is 5.72. The van der Waals surface area contributed by atoms with Crippen LogP contribution in [0.3, 0.4) is 0 Å². The topological polar surface area (TPSA) is 83.6 Å². The minimum Gasteiger partial charge on any atom is -0.480 e. The third kappa shape index (κ3) is 5.68. The van der Waals surface area contributed by atoms with Gasteiger partial charge in [-0.1, -0.05) is 13.8 Å². The van der Waals surface area contributed by atoms with Crippen LogP contribution in [0.5, 0.6) is 0 Å². The molecule has 0 spiro atoms. The number of hydrogen-bond acceptors (Lipinski definition) is 3. The lowest BCUT2D eigenvalue weighted by Crippen LogP contribution is -2.54. The molecule has 1 atom stereocenters. The van der Waals surface area contributed by atoms with Crippen LogP contribution in [0.15, 0.2) is 0 Å². The molecule has 17 heavy (non-hydrogen) atoms. The van der Waals surface area contributed by atoms with Crippen molar-refractivity contribution in [3.05, 3.63) is 0 Å². The summed E-state index contributed by atoms with van der Waals surface area (Å²) in [5.41, 5.74) is 5.27. The highest BCUT2D eigenvalue weighted by Gasteiger charge is 2.31. The SMILES string of the molecule is CC(C)CC(N)C(=O)N(CC(=O)O)C(C)(C)C. The number of aliphatic carboxylic acids is 1. The average Bonchev–Trinajstić information content (AvgIpc) is 2.09. The van der Waals surface area contributed by atoms with Crippen LogP contribution in [-0.2, 0) is 9.59 Å². The van der Waals surface area contributed by atoms with E-state index in [1.54, 1.807) is 20.8 Å². The summed E-state index contributed by atoms with van der Waals surface area (Å²) in [6.45, 7) is 9.05. The summed E-state index contributed by atoms with van der Waals surface area (Å²) in [5, 5.41) is 8.83. The fourth-order valence-corrected chi connectivity index (χ4v) is 1.59. The number of carboxylic acid groups (broad SMARTS) is 1. The Labute approximate surface area is 103 Å². The van der Waals surface area contributed by atoms with Gasteiger partial charge in [-0.3, -0.25) is 9.59 Å². The molecule has 3 N–H and O–H groups in total. The van der Waals surface area contributed by atoms with Crippen molar-refractivity contribution in [1.82, 2.24) is 4.90 Å². The van der Waals surface area contributed by atoms with E-state index in [9.17, 15) is 9.59 Å².